The normalized spacial score (nSPS) is 25.0. The van der Waals surface area contributed by atoms with Gasteiger partial charge in [-0.05, 0) is 49.8 Å². The van der Waals surface area contributed by atoms with Crippen LogP contribution in [0.2, 0.25) is 5.02 Å². The standard InChI is InChI=1S/C18H25ClN2O3S/c1-13-5-4-6-14(11-13)20-18(22)16-12-15(7-8-17(16)19)25(23,24)21-9-2-3-10-21/h7-8,12-14H,2-6,9-11H2,1H3,(H,20,22). The number of carbonyl (C=O) groups excluding carboxylic acids is 1. The van der Waals surface area contributed by atoms with Gasteiger partial charge in [0.25, 0.3) is 5.91 Å². The van der Waals surface area contributed by atoms with E-state index in [9.17, 15) is 13.2 Å². The molecule has 1 amide bonds. The molecule has 7 heteroatoms. The smallest absolute Gasteiger partial charge is 0.253 e. The molecule has 2 unspecified atom stereocenters. The number of halogens is 1. The molecule has 5 nitrogen and oxygen atoms in total. The number of benzene rings is 1. The molecule has 25 heavy (non-hydrogen) atoms. The number of sulfonamides is 1. The second-order valence-corrected chi connectivity index (χ2v) is 9.54. The van der Waals surface area contributed by atoms with Gasteiger partial charge < -0.3 is 5.32 Å². The van der Waals surface area contributed by atoms with Crippen LogP contribution in [0.25, 0.3) is 0 Å². The fourth-order valence-corrected chi connectivity index (χ4v) is 5.49. The Kier molecular flexibility index (Phi) is 5.71. The van der Waals surface area contributed by atoms with Crippen LogP contribution in [-0.4, -0.2) is 37.8 Å². The quantitative estimate of drug-likeness (QED) is 0.864. The molecule has 1 aromatic carbocycles. The van der Waals surface area contributed by atoms with Crippen molar-refractivity contribution in [3.63, 3.8) is 0 Å². The van der Waals surface area contributed by atoms with Gasteiger partial charge in [-0.15, -0.1) is 0 Å². The van der Waals surface area contributed by atoms with E-state index in [2.05, 4.69) is 12.2 Å². The molecule has 138 valence electrons. The Labute approximate surface area is 154 Å². The van der Waals surface area contributed by atoms with Gasteiger partial charge in [-0.2, -0.15) is 4.31 Å². The number of hydrogen-bond acceptors (Lipinski definition) is 3. The van der Waals surface area contributed by atoms with Crippen molar-refractivity contribution in [2.24, 2.45) is 5.92 Å². The molecule has 1 saturated heterocycles. The van der Waals surface area contributed by atoms with E-state index in [4.69, 9.17) is 11.6 Å². The summed E-state index contributed by atoms with van der Waals surface area (Å²) in [7, 11) is -3.56. The average Bonchev–Trinajstić information content (AvgIpc) is 3.10. The molecule has 2 aliphatic rings. The molecular formula is C18H25ClN2O3S. The largest absolute Gasteiger partial charge is 0.349 e. The van der Waals surface area contributed by atoms with Crippen LogP contribution in [0.15, 0.2) is 23.1 Å². The molecule has 2 fully saturated rings. The summed E-state index contributed by atoms with van der Waals surface area (Å²) in [6.07, 6.45) is 5.95. The van der Waals surface area contributed by atoms with Crippen molar-refractivity contribution in [3.05, 3.63) is 28.8 Å². The minimum Gasteiger partial charge on any atom is -0.349 e. The van der Waals surface area contributed by atoms with Gasteiger partial charge >= 0.3 is 0 Å². The van der Waals surface area contributed by atoms with Gasteiger partial charge in [-0.1, -0.05) is 31.4 Å². The van der Waals surface area contributed by atoms with E-state index in [1.165, 1.54) is 28.9 Å². The molecule has 0 spiro atoms. The van der Waals surface area contributed by atoms with E-state index in [-0.39, 0.29) is 27.4 Å². The van der Waals surface area contributed by atoms with Crippen molar-refractivity contribution in [3.8, 4) is 0 Å². The number of rotatable bonds is 4. The van der Waals surface area contributed by atoms with Gasteiger partial charge in [0, 0.05) is 19.1 Å². The van der Waals surface area contributed by atoms with E-state index in [1.807, 2.05) is 0 Å². The molecule has 1 N–H and O–H groups in total. The molecular weight excluding hydrogens is 360 g/mol. The van der Waals surface area contributed by atoms with Gasteiger partial charge in [-0.25, -0.2) is 8.42 Å². The van der Waals surface area contributed by atoms with E-state index in [1.54, 1.807) is 0 Å². The summed E-state index contributed by atoms with van der Waals surface area (Å²) in [5.74, 6) is 0.305. The van der Waals surface area contributed by atoms with Crippen LogP contribution in [0, 0.1) is 5.92 Å². The third kappa shape index (κ3) is 4.18. The summed E-state index contributed by atoms with van der Waals surface area (Å²) in [6.45, 7) is 3.26. The zero-order chi connectivity index (χ0) is 18.0. The first-order chi connectivity index (χ1) is 11.9. The van der Waals surface area contributed by atoms with E-state index < -0.39 is 10.0 Å². The van der Waals surface area contributed by atoms with Crippen LogP contribution in [0.5, 0.6) is 0 Å². The lowest BCUT2D eigenvalue weighted by molar-refractivity contribution is 0.0921. The SMILES string of the molecule is CC1CCCC(NC(=O)c2cc(S(=O)(=O)N3CCCC3)ccc2Cl)C1. The van der Waals surface area contributed by atoms with Crippen LogP contribution < -0.4 is 5.32 Å². The van der Waals surface area contributed by atoms with Crippen molar-refractivity contribution in [2.45, 2.75) is 56.4 Å². The predicted molar refractivity (Wildman–Crippen MR) is 98.3 cm³/mol. The summed E-state index contributed by atoms with van der Waals surface area (Å²) < 4.78 is 26.9. The Morgan fingerprint density at radius 1 is 1.20 bits per heavy atom. The average molecular weight is 385 g/mol. The van der Waals surface area contributed by atoms with Crippen LogP contribution in [-0.2, 0) is 10.0 Å². The van der Waals surface area contributed by atoms with Crippen molar-refractivity contribution in [2.75, 3.05) is 13.1 Å². The highest BCUT2D eigenvalue weighted by Gasteiger charge is 2.29. The van der Waals surface area contributed by atoms with Gasteiger partial charge in [0.05, 0.1) is 15.5 Å². The fourth-order valence-electron chi connectivity index (χ4n) is 3.74. The zero-order valence-corrected chi connectivity index (χ0v) is 16.1. The lowest BCUT2D eigenvalue weighted by Crippen LogP contribution is -2.38. The van der Waals surface area contributed by atoms with Crippen LogP contribution in [0.1, 0.15) is 55.8 Å². The number of nitrogens with one attached hydrogen (secondary N) is 1. The number of hydrogen-bond donors (Lipinski definition) is 1. The third-order valence-corrected chi connectivity index (χ3v) is 7.38. The monoisotopic (exact) mass is 384 g/mol. The highest BCUT2D eigenvalue weighted by atomic mass is 35.5. The molecule has 1 aliphatic heterocycles. The third-order valence-electron chi connectivity index (χ3n) is 5.16. The van der Waals surface area contributed by atoms with Gasteiger partial charge in [-0.3, -0.25) is 4.79 Å². The Balaban J connectivity index is 1.80. The molecule has 0 bridgehead atoms. The lowest BCUT2D eigenvalue weighted by atomic mass is 9.87. The molecule has 1 saturated carbocycles. The highest BCUT2D eigenvalue weighted by Crippen LogP contribution is 2.27. The topological polar surface area (TPSA) is 66.5 Å². The maximum Gasteiger partial charge on any atom is 0.253 e. The Bertz CT molecular complexity index is 745. The van der Waals surface area contributed by atoms with E-state index in [0.717, 1.165) is 32.1 Å². The first kappa shape index (κ1) is 18.7. The van der Waals surface area contributed by atoms with Gasteiger partial charge in [0.15, 0.2) is 0 Å². The first-order valence-electron chi connectivity index (χ1n) is 8.98. The van der Waals surface area contributed by atoms with Gasteiger partial charge in [0.1, 0.15) is 0 Å². The van der Waals surface area contributed by atoms with Crippen LogP contribution in [0.3, 0.4) is 0 Å². The minimum absolute atomic E-state index is 0.131. The summed E-state index contributed by atoms with van der Waals surface area (Å²) >= 11 is 6.18. The molecule has 0 radical (unpaired) electrons. The van der Waals surface area contributed by atoms with Crippen molar-refractivity contribution in [1.82, 2.24) is 9.62 Å². The summed E-state index contributed by atoms with van der Waals surface area (Å²) in [5.41, 5.74) is 0.236. The Morgan fingerprint density at radius 2 is 1.92 bits per heavy atom. The second kappa shape index (κ2) is 7.64. The summed E-state index contributed by atoms with van der Waals surface area (Å²) in [4.78, 5) is 12.8. The summed E-state index contributed by atoms with van der Waals surface area (Å²) in [5, 5.41) is 3.30. The maximum atomic E-state index is 12.7. The molecule has 3 rings (SSSR count). The van der Waals surface area contributed by atoms with Crippen molar-refractivity contribution in [1.29, 1.82) is 0 Å². The predicted octanol–water partition coefficient (Wildman–Crippen LogP) is 3.43. The van der Waals surface area contributed by atoms with Gasteiger partial charge in [0.2, 0.25) is 10.0 Å². The second-order valence-electron chi connectivity index (χ2n) is 7.20. The zero-order valence-electron chi connectivity index (χ0n) is 14.5. The fraction of sp³-hybridized carbons (Fsp3) is 0.611. The number of carbonyl (C=O) groups is 1. The lowest BCUT2D eigenvalue weighted by Gasteiger charge is -2.27. The molecule has 0 aromatic heterocycles. The minimum atomic E-state index is -3.56. The Morgan fingerprint density at radius 3 is 2.60 bits per heavy atom. The van der Waals surface area contributed by atoms with Crippen molar-refractivity contribution >= 4 is 27.5 Å². The molecule has 1 aliphatic carbocycles. The first-order valence-corrected chi connectivity index (χ1v) is 10.8. The van der Waals surface area contributed by atoms with E-state index in [0.29, 0.717) is 19.0 Å². The number of amides is 1. The maximum absolute atomic E-state index is 12.7. The highest BCUT2D eigenvalue weighted by molar-refractivity contribution is 7.89. The molecule has 1 heterocycles. The van der Waals surface area contributed by atoms with Crippen LogP contribution >= 0.6 is 11.6 Å². The summed E-state index contributed by atoms with van der Waals surface area (Å²) in [6, 6.07) is 4.53. The molecule has 1 aromatic rings. The van der Waals surface area contributed by atoms with Crippen molar-refractivity contribution < 1.29 is 13.2 Å². The molecule has 2 atom stereocenters. The van der Waals surface area contributed by atoms with E-state index >= 15 is 0 Å². The Hall–Kier alpha value is -1.11. The number of nitrogens with zero attached hydrogens (tertiary/aromatic N) is 1. The van der Waals surface area contributed by atoms with Crippen LogP contribution in [0.4, 0.5) is 0 Å².